The maximum Gasteiger partial charge on any atom is 0.0951 e. The van der Waals surface area contributed by atoms with E-state index in [-0.39, 0.29) is 5.41 Å². The molecule has 1 fully saturated rings. The van der Waals surface area contributed by atoms with E-state index in [0.717, 1.165) is 6.42 Å². The number of rotatable bonds is 0. The molecule has 0 amide bonds. The van der Waals surface area contributed by atoms with E-state index >= 15 is 0 Å². The molecule has 3 heteroatoms. The monoisotopic (exact) mass is 172 g/mol. The van der Waals surface area contributed by atoms with E-state index in [0.29, 0.717) is 12.5 Å². The normalized spacial score (nSPS) is 43.0. The van der Waals surface area contributed by atoms with Gasteiger partial charge in [0.15, 0.2) is 0 Å². The molecule has 0 aromatic carbocycles. The van der Waals surface area contributed by atoms with Crippen molar-refractivity contribution in [2.24, 2.45) is 17.1 Å². The van der Waals surface area contributed by atoms with Gasteiger partial charge in [-0.3, -0.25) is 0 Å². The van der Waals surface area contributed by atoms with Crippen molar-refractivity contribution in [1.82, 2.24) is 5.06 Å². The van der Waals surface area contributed by atoms with E-state index in [9.17, 15) is 5.21 Å². The van der Waals surface area contributed by atoms with E-state index in [1.165, 1.54) is 5.06 Å². The Bertz CT molecular complexity index is 157. The number of nitrogens with two attached hydrogens (primary N) is 1. The van der Waals surface area contributed by atoms with Crippen molar-refractivity contribution >= 4 is 0 Å². The van der Waals surface area contributed by atoms with Crippen molar-refractivity contribution in [1.29, 1.82) is 0 Å². The van der Waals surface area contributed by atoms with E-state index in [1.807, 2.05) is 6.92 Å². The standard InChI is InChI=1S/C9H20N2O/c1-7-5-6-11(12)9(4,10)8(7,2)3/h7,12H,5-6,10H2,1-4H3. The third kappa shape index (κ3) is 1.16. The molecule has 1 saturated heterocycles. The first-order valence-electron chi connectivity index (χ1n) is 4.55. The zero-order chi connectivity index (χ0) is 9.57. The minimum atomic E-state index is -0.606. The van der Waals surface area contributed by atoms with Crippen LogP contribution >= 0.6 is 0 Å². The van der Waals surface area contributed by atoms with Gasteiger partial charge < -0.3 is 10.9 Å². The summed E-state index contributed by atoms with van der Waals surface area (Å²) in [6, 6.07) is 0. The van der Waals surface area contributed by atoms with Crippen LogP contribution in [0.15, 0.2) is 0 Å². The SMILES string of the molecule is CC1CCN(O)C(C)(N)C1(C)C. The number of hydrogen-bond donors (Lipinski definition) is 2. The second-order valence-corrected chi connectivity index (χ2v) is 4.68. The summed E-state index contributed by atoms with van der Waals surface area (Å²) >= 11 is 0. The van der Waals surface area contributed by atoms with Gasteiger partial charge in [-0.1, -0.05) is 20.8 Å². The predicted molar refractivity (Wildman–Crippen MR) is 48.6 cm³/mol. The molecule has 0 spiro atoms. The zero-order valence-corrected chi connectivity index (χ0v) is 8.46. The summed E-state index contributed by atoms with van der Waals surface area (Å²) in [5.41, 5.74) is 5.42. The van der Waals surface area contributed by atoms with Gasteiger partial charge >= 0.3 is 0 Å². The van der Waals surface area contributed by atoms with Crippen molar-refractivity contribution < 1.29 is 5.21 Å². The van der Waals surface area contributed by atoms with E-state index < -0.39 is 5.66 Å². The summed E-state index contributed by atoms with van der Waals surface area (Å²) in [4.78, 5) is 0. The Morgan fingerprint density at radius 1 is 1.42 bits per heavy atom. The van der Waals surface area contributed by atoms with Crippen LogP contribution in [0.3, 0.4) is 0 Å². The van der Waals surface area contributed by atoms with Crippen LogP contribution in [0, 0.1) is 11.3 Å². The second kappa shape index (κ2) is 2.69. The Morgan fingerprint density at radius 3 is 2.33 bits per heavy atom. The summed E-state index contributed by atoms with van der Waals surface area (Å²) in [5.74, 6) is 0.552. The smallest absolute Gasteiger partial charge is 0.0951 e. The molecule has 0 aromatic rings. The van der Waals surface area contributed by atoms with Crippen LogP contribution in [-0.4, -0.2) is 22.5 Å². The van der Waals surface area contributed by atoms with Gasteiger partial charge in [-0.05, 0) is 19.3 Å². The molecule has 0 saturated carbocycles. The number of nitrogens with zero attached hydrogens (tertiary/aromatic N) is 1. The Kier molecular flexibility index (Phi) is 2.23. The highest BCUT2D eigenvalue weighted by Gasteiger charge is 2.48. The minimum Gasteiger partial charge on any atom is -0.312 e. The number of piperidine rings is 1. The van der Waals surface area contributed by atoms with Gasteiger partial charge in [-0.25, -0.2) is 0 Å². The topological polar surface area (TPSA) is 49.5 Å². The van der Waals surface area contributed by atoms with Gasteiger partial charge in [0.25, 0.3) is 0 Å². The zero-order valence-electron chi connectivity index (χ0n) is 8.46. The van der Waals surface area contributed by atoms with Crippen LogP contribution in [0.25, 0.3) is 0 Å². The molecule has 2 atom stereocenters. The average Bonchev–Trinajstić information content (AvgIpc) is 1.96. The quantitative estimate of drug-likeness (QED) is 0.581. The van der Waals surface area contributed by atoms with Gasteiger partial charge in [0.2, 0.25) is 0 Å². The molecule has 12 heavy (non-hydrogen) atoms. The Labute approximate surface area is 74.5 Å². The van der Waals surface area contributed by atoms with Crippen molar-refractivity contribution in [2.45, 2.75) is 39.8 Å². The molecular formula is C9H20N2O. The molecule has 3 nitrogen and oxygen atoms in total. The first-order valence-corrected chi connectivity index (χ1v) is 4.55. The summed E-state index contributed by atoms with van der Waals surface area (Å²) in [5, 5.41) is 10.9. The van der Waals surface area contributed by atoms with E-state index in [2.05, 4.69) is 20.8 Å². The molecule has 0 aromatic heterocycles. The van der Waals surface area contributed by atoms with Crippen LogP contribution in [0.5, 0.6) is 0 Å². The molecule has 1 rings (SSSR count). The summed E-state index contributed by atoms with van der Waals surface area (Å²) < 4.78 is 0. The summed E-state index contributed by atoms with van der Waals surface area (Å²) in [7, 11) is 0. The fourth-order valence-corrected chi connectivity index (χ4v) is 1.74. The van der Waals surface area contributed by atoms with Crippen LogP contribution in [-0.2, 0) is 0 Å². The maximum absolute atomic E-state index is 9.60. The van der Waals surface area contributed by atoms with Gasteiger partial charge in [0, 0.05) is 12.0 Å². The van der Waals surface area contributed by atoms with Gasteiger partial charge in [-0.2, -0.15) is 5.06 Å². The minimum absolute atomic E-state index is 0.0417. The van der Waals surface area contributed by atoms with Crippen molar-refractivity contribution in [3.05, 3.63) is 0 Å². The highest BCUT2D eigenvalue weighted by molar-refractivity contribution is 4.97. The van der Waals surface area contributed by atoms with Crippen LogP contribution < -0.4 is 5.73 Å². The Balaban J connectivity index is 2.92. The molecular weight excluding hydrogens is 152 g/mol. The van der Waals surface area contributed by atoms with Crippen molar-refractivity contribution in [3.8, 4) is 0 Å². The lowest BCUT2D eigenvalue weighted by molar-refractivity contribution is -0.237. The summed E-state index contributed by atoms with van der Waals surface area (Å²) in [6.07, 6.45) is 1.01. The number of hydroxylamine groups is 2. The third-order valence-electron chi connectivity index (χ3n) is 3.85. The van der Waals surface area contributed by atoms with E-state index in [1.54, 1.807) is 0 Å². The molecule has 1 aliphatic heterocycles. The lowest BCUT2D eigenvalue weighted by Crippen LogP contribution is -2.66. The lowest BCUT2D eigenvalue weighted by atomic mass is 9.67. The van der Waals surface area contributed by atoms with Gasteiger partial charge in [0.05, 0.1) is 5.66 Å². The van der Waals surface area contributed by atoms with Gasteiger partial charge in [-0.15, -0.1) is 0 Å². The first kappa shape index (κ1) is 9.96. The molecule has 72 valence electrons. The second-order valence-electron chi connectivity index (χ2n) is 4.68. The molecule has 2 unspecified atom stereocenters. The van der Waals surface area contributed by atoms with Crippen molar-refractivity contribution in [3.63, 3.8) is 0 Å². The average molecular weight is 172 g/mol. The molecule has 0 aliphatic carbocycles. The maximum atomic E-state index is 9.60. The van der Waals surface area contributed by atoms with Gasteiger partial charge in [0.1, 0.15) is 0 Å². The lowest BCUT2D eigenvalue weighted by Gasteiger charge is -2.53. The highest BCUT2D eigenvalue weighted by atomic mass is 16.5. The highest BCUT2D eigenvalue weighted by Crippen LogP contribution is 2.43. The molecule has 0 radical (unpaired) electrons. The molecule has 3 N–H and O–H groups in total. The predicted octanol–water partition coefficient (Wildman–Crippen LogP) is 1.42. The van der Waals surface area contributed by atoms with Crippen LogP contribution in [0.1, 0.15) is 34.1 Å². The molecule has 1 aliphatic rings. The third-order valence-corrected chi connectivity index (χ3v) is 3.85. The number of hydrogen-bond acceptors (Lipinski definition) is 3. The Morgan fingerprint density at radius 2 is 1.92 bits per heavy atom. The first-order chi connectivity index (χ1) is 5.30. The Hall–Kier alpha value is -0.120. The molecule has 0 bridgehead atoms. The summed E-state index contributed by atoms with van der Waals surface area (Å²) in [6.45, 7) is 8.98. The van der Waals surface area contributed by atoms with Crippen molar-refractivity contribution in [2.75, 3.05) is 6.54 Å². The largest absolute Gasteiger partial charge is 0.312 e. The molecule has 1 heterocycles. The fourth-order valence-electron chi connectivity index (χ4n) is 1.74. The van der Waals surface area contributed by atoms with E-state index in [4.69, 9.17) is 5.73 Å². The van der Waals surface area contributed by atoms with Crippen LogP contribution in [0.2, 0.25) is 0 Å². The fraction of sp³-hybridized carbons (Fsp3) is 1.00. The van der Waals surface area contributed by atoms with Crippen LogP contribution in [0.4, 0.5) is 0 Å².